The summed E-state index contributed by atoms with van der Waals surface area (Å²) in [6.45, 7) is 13.8. The highest BCUT2D eigenvalue weighted by Crippen LogP contribution is 2.17. The van der Waals surface area contributed by atoms with E-state index in [0.717, 1.165) is 13.5 Å². The van der Waals surface area contributed by atoms with E-state index in [0.29, 0.717) is 0 Å². The zero-order valence-corrected chi connectivity index (χ0v) is 15.6. The zero-order chi connectivity index (χ0) is 19.0. The number of hydrogen-bond acceptors (Lipinski definition) is 1. The summed E-state index contributed by atoms with van der Waals surface area (Å²) in [5, 5.41) is 0. The van der Waals surface area contributed by atoms with Crippen LogP contribution in [0.5, 0.6) is 0 Å². The van der Waals surface area contributed by atoms with Gasteiger partial charge in [0, 0.05) is 26.6 Å². The van der Waals surface area contributed by atoms with Gasteiger partial charge in [-0.25, -0.2) is 8.78 Å². The Kier molecular flexibility index (Phi) is 49.2. The average Bonchev–Trinajstić information content (AvgIpc) is 2.48. The van der Waals surface area contributed by atoms with Crippen LogP contribution in [-0.2, 0) is 4.74 Å². The third-order valence-corrected chi connectivity index (χ3v) is 1.41. The molecule has 0 aromatic rings. The minimum Gasteiger partial charge on any atom is -0.385 e. The first kappa shape index (κ1) is 33.3. The van der Waals surface area contributed by atoms with E-state index in [1.54, 1.807) is 7.11 Å². The van der Waals surface area contributed by atoms with E-state index in [-0.39, 0.29) is 6.42 Å². The fourth-order valence-electron chi connectivity index (χ4n) is 0.289. The molecule has 0 atom stereocenters. The Hall–Kier alpha value is -0.390. The van der Waals surface area contributed by atoms with Gasteiger partial charge in [-0.2, -0.15) is 13.2 Å². The molecule has 0 heterocycles. The van der Waals surface area contributed by atoms with E-state index in [2.05, 4.69) is 20.8 Å². The normalized spacial score (nSPS) is 9.00. The van der Waals surface area contributed by atoms with E-state index in [9.17, 15) is 22.0 Å². The Bertz CT molecular complexity index is 135. The summed E-state index contributed by atoms with van der Waals surface area (Å²) in [4.78, 5) is 0. The second kappa shape index (κ2) is 32.5. The Balaban J connectivity index is -0.0000000575. The van der Waals surface area contributed by atoms with E-state index < -0.39 is 19.0 Å². The molecule has 0 rings (SSSR count). The maximum absolute atomic E-state index is 10.8. The van der Waals surface area contributed by atoms with Gasteiger partial charge in [-0.1, -0.05) is 61.3 Å². The van der Waals surface area contributed by atoms with Crippen LogP contribution in [0.25, 0.3) is 0 Å². The highest BCUT2D eigenvalue weighted by Gasteiger charge is 2.22. The molecule has 0 aliphatic carbocycles. The van der Waals surface area contributed by atoms with Crippen LogP contribution in [0.4, 0.5) is 22.0 Å². The van der Waals surface area contributed by atoms with Crippen LogP contribution in [0.2, 0.25) is 0 Å². The summed E-state index contributed by atoms with van der Waals surface area (Å²) < 4.78 is 58.7. The summed E-state index contributed by atoms with van der Waals surface area (Å²) in [6.07, 6.45) is -3.16. The van der Waals surface area contributed by atoms with Crippen LogP contribution < -0.4 is 0 Å². The molecule has 0 amide bonds. The quantitative estimate of drug-likeness (QED) is 0.380. The number of halogens is 5. The summed E-state index contributed by atoms with van der Waals surface area (Å²) >= 11 is 0. The number of unbranched alkanes of at least 4 members (excludes halogenated alkanes) is 1. The first-order valence-corrected chi connectivity index (χ1v) is 8.00. The van der Waals surface area contributed by atoms with Crippen molar-refractivity contribution in [3.8, 4) is 0 Å². The predicted octanol–water partition coefficient (Wildman–Crippen LogP) is 7.50. The van der Waals surface area contributed by atoms with Gasteiger partial charge in [-0.3, -0.25) is 0 Å². The van der Waals surface area contributed by atoms with Crippen LogP contribution in [0, 0.1) is 0 Å². The molecule has 0 aliphatic rings. The lowest BCUT2D eigenvalue weighted by molar-refractivity contribution is -0.130. The van der Waals surface area contributed by atoms with Crippen molar-refractivity contribution in [3.63, 3.8) is 0 Å². The van der Waals surface area contributed by atoms with Crippen molar-refractivity contribution in [1.29, 1.82) is 0 Å². The summed E-state index contributed by atoms with van der Waals surface area (Å²) in [6, 6.07) is 0. The highest BCUT2D eigenvalue weighted by atomic mass is 19.4. The van der Waals surface area contributed by atoms with Crippen molar-refractivity contribution in [2.24, 2.45) is 0 Å². The van der Waals surface area contributed by atoms with Crippen LogP contribution >= 0.6 is 0 Å². The SMILES string of the molecule is CC.CCC.CCC(F)(F)F.CCC(F)F.CCCCOC. The number of alkyl halides is 5. The summed E-state index contributed by atoms with van der Waals surface area (Å²) in [7, 11) is 1.73. The molecule has 0 saturated carbocycles. The molecule has 1 nitrogen and oxygen atoms in total. The third kappa shape index (κ3) is 117. The Morgan fingerprint density at radius 2 is 1.18 bits per heavy atom. The van der Waals surface area contributed by atoms with Crippen molar-refractivity contribution in [1.82, 2.24) is 0 Å². The molecule has 0 saturated heterocycles. The second-order valence-corrected chi connectivity index (χ2v) is 3.82. The standard InChI is InChI=1S/C5H12O.C3H5F3.C3H6F2.C3H8.C2H6/c1-3-4-5-6-2;1-2-3(4,5)6;1-2-3(4)5;1-3-2;1-2/h3-5H2,1-2H3;2H2,1H3;3H,2H2,1H3;3H2,1-2H3;1-2H3. The van der Waals surface area contributed by atoms with Gasteiger partial charge in [0.1, 0.15) is 0 Å². The molecule has 0 radical (unpaired) electrons. The maximum Gasteiger partial charge on any atom is 0.388 e. The van der Waals surface area contributed by atoms with Crippen LogP contribution in [0.1, 0.15) is 80.6 Å². The van der Waals surface area contributed by atoms with Crippen LogP contribution in [0.15, 0.2) is 0 Å². The number of hydrogen-bond donors (Lipinski definition) is 0. The highest BCUT2D eigenvalue weighted by molar-refractivity contribution is 4.39. The largest absolute Gasteiger partial charge is 0.388 e. The van der Waals surface area contributed by atoms with Crippen molar-refractivity contribution >= 4 is 0 Å². The Morgan fingerprint density at radius 1 is 0.909 bits per heavy atom. The molecular weight excluding hydrogens is 303 g/mol. The van der Waals surface area contributed by atoms with Gasteiger partial charge in [0.05, 0.1) is 0 Å². The molecule has 0 aromatic carbocycles. The average molecular weight is 340 g/mol. The van der Waals surface area contributed by atoms with E-state index >= 15 is 0 Å². The monoisotopic (exact) mass is 340 g/mol. The third-order valence-electron chi connectivity index (χ3n) is 1.41. The Morgan fingerprint density at radius 3 is 1.23 bits per heavy atom. The topological polar surface area (TPSA) is 9.23 Å². The first-order valence-electron chi connectivity index (χ1n) is 8.00. The second-order valence-electron chi connectivity index (χ2n) is 3.82. The lowest BCUT2D eigenvalue weighted by atomic mass is 10.4. The zero-order valence-electron chi connectivity index (χ0n) is 15.6. The number of rotatable bonds is 4. The van der Waals surface area contributed by atoms with Crippen LogP contribution in [-0.4, -0.2) is 26.3 Å². The van der Waals surface area contributed by atoms with Gasteiger partial charge >= 0.3 is 6.18 Å². The van der Waals surface area contributed by atoms with Crippen molar-refractivity contribution in [2.45, 2.75) is 93.2 Å². The van der Waals surface area contributed by atoms with Gasteiger partial charge in [0.25, 0.3) is 0 Å². The molecule has 142 valence electrons. The van der Waals surface area contributed by atoms with Crippen LogP contribution in [0.3, 0.4) is 0 Å². The van der Waals surface area contributed by atoms with Crippen molar-refractivity contribution in [2.75, 3.05) is 13.7 Å². The fourth-order valence-corrected chi connectivity index (χ4v) is 0.289. The van der Waals surface area contributed by atoms with E-state index in [4.69, 9.17) is 4.74 Å². The molecule has 6 heteroatoms. The smallest absolute Gasteiger partial charge is 0.385 e. The lowest BCUT2D eigenvalue weighted by Gasteiger charge is -1.96. The minimum atomic E-state index is -3.96. The number of methoxy groups -OCH3 is 1. The molecule has 0 spiro atoms. The fraction of sp³-hybridized carbons (Fsp3) is 1.00. The Labute approximate surface area is 134 Å². The van der Waals surface area contributed by atoms with Gasteiger partial charge in [0.2, 0.25) is 6.43 Å². The van der Waals surface area contributed by atoms with Gasteiger partial charge < -0.3 is 4.74 Å². The number of ether oxygens (including phenoxy) is 1. The predicted molar refractivity (Wildman–Crippen MR) is 86.7 cm³/mol. The molecule has 0 bridgehead atoms. The molecular formula is C16H37F5O. The lowest BCUT2D eigenvalue weighted by Crippen LogP contribution is -2.02. The maximum atomic E-state index is 10.8. The summed E-state index contributed by atoms with van der Waals surface area (Å²) in [5.74, 6) is 0. The molecule has 0 N–H and O–H groups in total. The van der Waals surface area contributed by atoms with E-state index in [1.165, 1.54) is 26.2 Å². The van der Waals surface area contributed by atoms with Crippen molar-refractivity contribution < 1.29 is 26.7 Å². The van der Waals surface area contributed by atoms with Gasteiger partial charge in [-0.05, 0) is 6.42 Å². The van der Waals surface area contributed by atoms with Gasteiger partial charge in [-0.15, -0.1) is 0 Å². The first-order chi connectivity index (χ1) is 10.2. The van der Waals surface area contributed by atoms with Crippen molar-refractivity contribution in [3.05, 3.63) is 0 Å². The molecule has 0 aliphatic heterocycles. The van der Waals surface area contributed by atoms with E-state index in [1.807, 2.05) is 13.8 Å². The minimum absolute atomic E-state index is 0.0278. The summed E-state index contributed by atoms with van der Waals surface area (Å²) in [5.41, 5.74) is 0. The molecule has 0 fully saturated rings. The molecule has 22 heavy (non-hydrogen) atoms. The molecule has 0 unspecified atom stereocenters. The van der Waals surface area contributed by atoms with Gasteiger partial charge in [0.15, 0.2) is 0 Å². The molecule has 0 aromatic heterocycles.